The molecule has 1 heterocycles. The zero-order chi connectivity index (χ0) is 24.3. The van der Waals surface area contributed by atoms with Crippen LogP contribution >= 0.6 is 11.6 Å². The highest BCUT2D eigenvalue weighted by molar-refractivity contribution is 6.46. The summed E-state index contributed by atoms with van der Waals surface area (Å²) in [5, 5.41) is 11.6. The molecule has 1 amide bonds. The van der Waals surface area contributed by atoms with Crippen LogP contribution in [-0.4, -0.2) is 48.6 Å². The van der Waals surface area contributed by atoms with Gasteiger partial charge in [0.15, 0.2) is 0 Å². The van der Waals surface area contributed by atoms with Crippen LogP contribution in [0.5, 0.6) is 17.2 Å². The van der Waals surface area contributed by atoms with Gasteiger partial charge in [0, 0.05) is 18.2 Å². The Morgan fingerprint density at radius 3 is 2.36 bits per heavy atom. The van der Waals surface area contributed by atoms with Crippen LogP contribution in [0.25, 0.3) is 5.76 Å². The highest BCUT2D eigenvalue weighted by atomic mass is 35.5. The highest BCUT2D eigenvalue weighted by Gasteiger charge is 2.47. The first-order valence-corrected chi connectivity index (χ1v) is 11.1. The lowest BCUT2D eigenvalue weighted by molar-refractivity contribution is -0.139. The average Bonchev–Trinajstić information content (AvgIpc) is 3.03. The van der Waals surface area contributed by atoms with E-state index >= 15 is 0 Å². The third-order valence-corrected chi connectivity index (χ3v) is 5.61. The van der Waals surface area contributed by atoms with Crippen LogP contribution in [0.2, 0.25) is 5.02 Å². The van der Waals surface area contributed by atoms with E-state index in [9.17, 15) is 14.7 Å². The Labute approximate surface area is 198 Å². The van der Waals surface area contributed by atoms with E-state index in [0.717, 1.165) is 0 Å². The van der Waals surface area contributed by atoms with Gasteiger partial charge in [0.2, 0.25) is 0 Å². The van der Waals surface area contributed by atoms with Crippen LogP contribution in [0.15, 0.2) is 42.0 Å². The van der Waals surface area contributed by atoms with E-state index in [1.165, 1.54) is 31.3 Å². The lowest BCUT2D eigenvalue weighted by Crippen LogP contribution is -2.30. The van der Waals surface area contributed by atoms with Crippen molar-refractivity contribution in [1.29, 1.82) is 0 Å². The molecule has 0 spiro atoms. The molecule has 1 saturated heterocycles. The standard InChI is InChI=1S/C25H28ClNO6/c1-6-11-27-22(15-9-7-8-10-18(15)33-14(2)3)21(24(29)25(27)30)23(28)16-12-17(26)20(32-5)13-19(16)31-4/h7-10,12-14,22,28H,6,11H2,1-5H3/b23-21+. The van der Waals surface area contributed by atoms with Crippen LogP contribution in [0, 0.1) is 0 Å². The van der Waals surface area contributed by atoms with Crippen molar-refractivity contribution in [2.24, 2.45) is 0 Å². The SMILES string of the molecule is CCCN1C(=O)C(=O)/C(=C(/O)c2cc(Cl)c(OC)cc2OC)C1c1ccccc1OC(C)C. The molecule has 8 heteroatoms. The number of carbonyl (C=O) groups is 2. The molecule has 2 aromatic rings. The fraction of sp³-hybridized carbons (Fsp3) is 0.360. The summed E-state index contributed by atoms with van der Waals surface area (Å²) in [6, 6.07) is 9.35. The Morgan fingerprint density at radius 1 is 1.09 bits per heavy atom. The quantitative estimate of drug-likeness (QED) is 0.331. The summed E-state index contributed by atoms with van der Waals surface area (Å²) >= 11 is 6.29. The van der Waals surface area contributed by atoms with E-state index < -0.39 is 17.7 Å². The first-order chi connectivity index (χ1) is 15.7. The van der Waals surface area contributed by atoms with Gasteiger partial charge in [-0.15, -0.1) is 0 Å². The molecule has 176 valence electrons. The Hall–Kier alpha value is -3.19. The van der Waals surface area contributed by atoms with E-state index in [1.807, 2.05) is 26.8 Å². The van der Waals surface area contributed by atoms with Gasteiger partial charge in [-0.2, -0.15) is 0 Å². The van der Waals surface area contributed by atoms with E-state index in [-0.39, 0.29) is 33.8 Å². The minimum Gasteiger partial charge on any atom is -0.507 e. The maximum absolute atomic E-state index is 13.2. The minimum absolute atomic E-state index is 0.0483. The van der Waals surface area contributed by atoms with Gasteiger partial charge in [-0.1, -0.05) is 36.7 Å². The number of aliphatic hydroxyl groups is 1. The number of nitrogens with zero attached hydrogens (tertiary/aromatic N) is 1. The summed E-state index contributed by atoms with van der Waals surface area (Å²) in [6.45, 7) is 6.04. The molecule has 1 atom stereocenters. The van der Waals surface area contributed by atoms with Crippen LogP contribution in [0.3, 0.4) is 0 Å². The molecule has 0 radical (unpaired) electrons. The number of hydrogen-bond acceptors (Lipinski definition) is 6. The van der Waals surface area contributed by atoms with E-state index in [4.69, 9.17) is 25.8 Å². The smallest absolute Gasteiger partial charge is 0.295 e. The molecule has 0 bridgehead atoms. The summed E-state index contributed by atoms with van der Waals surface area (Å²) in [6.07, 6.45) is 0.508. The number of ketones is 1. The molecule has 0 aromatic heterocycles. The topological polar surface area (TPSA) is 85.3 Å². The molecule has 2 aromatic carbocycles. The summed E-state index contributed by atoms with van der Waals surface area (Å²) in [4.78, 5) is 27.6. The Bertz CT molecular complexity index is 1090. The number of halogens is 1. The predicted molar refractivity (Wildman–Crippen MR) is 126 cm³/mol. The first-order valence-electron chi connectivity index (χ1n) is 10.7. The van der Waals surface area contributed by atoms with Crippen molar-refractivity contribution >= 4 is 29.1 Å². The summed E-state index contributed by atoms with van der Waals surface area (Å²) in [7, 11) is 2.89. The number of aliphatic hydroxyl groups excluding tert-OH is 1. The average molecular weight is 474 g/mol. The zero-order valence-corrected chi connectivity index (χ0v) is 20.1. The van der Waals surface area contributed by atoms with E-state index in [0.29, 0.717) is 30.0 Å². The Kier molecular flexibility index (Phi) is 7.53. The van der Waals surface area contributed by atoms with Gasteiger partial charge in [-0.05, 0) is 32.4 Å². The third-order valence-electron chi connectivity index (χ3n) is 5.31. The van der Waals surface area contributed by atoms with Gasteiger partial charge in [0.05, 0.1) is 42.5 Å². The first kappa shape index (κ1) is 24.5. The fourth-order valence-electron chi connectivity index (χ4n) is 3.93. The second kappa shape index (κ2) is 10.2. The molecule has 33 heavy (non-hydrogen) atoms. The fourth-order valence-corrected chi connectivity index (χ4v) is 4.17. The van der Waals surface area contributed by atoms with Crippen molar-refractivity contribution in [1.82, 2.24) is 4.90 Å². The second-order valence-corrected chi connectivity index (χ2v) is 8.29. The molecule has 1 fully saturated rings. The molecular formula is C25H28ClNO6. The zero-order valence-electron chi connectivity index (χ0n) is 19.3. The summed E-state index contributed by atoms with van der Waals surface area (Å²) in [5.41, 5.74) is 0.747. The maximum Gasteiger partial charge on any atom is 0.295 e. The van der Waals surface area contributed by atoms with E-state index in [1.54, 1.807) is 18.2 Å². The van der Waals surface area contributed by atoms with Gasteiger partial charge >= 0.3 is 0 Å². The number of amides is 1. The Balaban J connectivity index is 2.29. The normalized spacial score (nSPS) is 17.5. The Morgan fingerprint density at radius 2 is 1.76 bits per heavy atom. The van der Waals surface area contributed by atoms with Crippen LogP contribution in [-0.2, 0) is 9.59 Å². The lowest BCUT2D eigenvalue weighted by Gasteiger charge is -2.27. The number of carbonyl (C=O) groups excluding carboxylic acids is 2. The number of Topliss-reactive ketones (excluding diaryl/α,β-unsaturated/α-hetero) is 1. The number of rotatable bonds is 8. The van der Waals surface area contributed by atoms with E-state index in [2.05, 4.69) is 0 Å². The highest BCUT2D eigenvalue weighted by Crippen LogP contribution is 2.45. The van der Waals surface area contributed by atoms with Gasteiger partial charge in [0.25, 0.3) is 11.7 Å². The minimum atomic E-state index is -0.828. The van der Waals surface area contributed by atoms with Gasteiger partial charge in [-0.3, -0.25) is 9.59 Å². The van der Waals surface area contributed by atoms with Crippen LogP contribution in [0.1, 0.15) is 44.4 Å². The number of likely N-dealkylation sites (tertiary alicyclic amines) is 1. The number of ether oxygens (including phenoxy) is 3. The predicted octanol–water partition coefficient (Wildman–Crippen LogP) is 4.98. The van der Waals surface area contributed by atoms with Crippen molar-refractivity contribution < 1.29 is 28.9 Å². The van der Waals surface area contributed by atoms with Crippen molar-refractivity contribution in [2.75, 3.05) is 20.8 Å². The van der Waals surface area contributed by atoms with Gasteiger partial charge in [0.1, 0.15) is 23.0 Å². The second-order valence-electron chi connectivity index (χ2n) is 7.88. The molecule has 3 rings (SSSR count). The molecule has 1 N–H and O–H groups in total. The molecule has 7 nitrogen and oxygen atoms in total. The molecule has 0 aliphatic carbocycles. The van der Waals surface area contributed by atoms with Crippen LogP contribution in [0.4, 0.5) is 0 Å². The molecule has 1 aliphatic heterocycles. The van der Waals surface area contributed by atoms with Gasteiger partial charge in [-0.25, -0.2) is 0 Å². The number of methoxy groups -OCH3 is 2. The number of para-hydroxylation sites is 1. The van der Waals surface area contributed by atoms with Crippen molar-refractivity contribution in [3.05, 3.63) is 58.1 Å². The maximum atomic E-state index is 13.2. The van der Waals surface area contributed by atoms with Crippen molar-refractivity contribution in [3.8, 4) is 17.2 Å². The number of benzene rings is 2. The van der Waals surface area contributed by atoms with Crippen molar-refractivity contribution in [2.45, 2.75) is 39.3 Å². The molecule has 0 saturated carbocycles. The largest absolute Gasteiger partial charge is 0.507 e. The van der Waals surface area contributed by atoms with Crippen LogP contribution < -0.4 is 14.2 Å². The molecule has 1 aliphatic rings. The molecule has 1 unspecified atom stereocenters. The monoisotopic (exact) mass is 473 g/mol. The number of hydrogen-bond donors (Lipinski definition) is 1. The lowest BCUT2D eigenvalue weighted by atomic mass is 9.94. The third kappa shape index (κ3) is 4.64. The summed E-state index contributed by atoms with van der Waals surface area (Å²) < 4.78 is 16.6. The van der Waals surface area contributed by atoms with Gasteiger partial charge < -0.3 is 24.2 Å². The summed E-state index contributed by atoms with van der Waals surface area (Å²) in [5.74, 6) is -0.700. The van der Waals surface area contributed by atoms with Crippen molar-refractivity contribution in [3.63, 3.8) is 0 Å². The molecular weight excluding hydrogens is 446 g/mol.